The molecule has 0 aromatic carbocycles. The van der Waals surface area contributed by atoms with Gasteiger partial charge in [0, 0.05) is 30.3 Å². The minimum Gasteiger partial charge on any atom is -0.449 e. The van der Waals surface area contributed by atoms with E-state index in [0.29, 0.717) is 0 Å². The molecular formula is C18H25N3O6S. The molecule has 154 valence electrons. The lowest BCUT2D eigenvalue weighted by Gasteiger charge is -2.45. The number of carbonyl (C=O) groups excluding carboxylic acids is 2. The van der Waals surface area contributed by atoms with E-state index in [1.165, 1.54) is 4.90 Å². The molecule has 28 heavy (non-hydrogen) atoms. The van der Waals surface area contributed by atoms with Crippen LogP contribution in [0.15, 0.2) is 10.8 Å². The molecule has 0 spiro atoms. The number of carbonyl (C=O) groups is 3. The summed E-state index contributed by atoms with van der Waals surface area (Å²) >= 11 is 1.55. The lowest BCUT2D eigenvalue weighted by Crippen LogP contribution is -2.63. The van der Waals surface area contributed by atoms with E-state index in [4.69, 9.17) is 9.84 Å². The first-order chi connectivity index (χ1) is 13.3. The number of ether oxygens (including phenoxy) is 1. The van der Waals surface area contributed by atoms with Crippen molar-refractivity contribution in [2.24, 2.45) is 17.8 Å². The predicted octanol–water partition coefficient (Wildman–Crippen LogP) is 0.307. The van der Waals surface area contributed by atoms with Gasteiger partial charge in [-0.1, -0.05) is 6.92 Å². The normalized spacial score (nSPS) is 37.9. The van der Waals surface area contributed by atoms with Gasteiger partial charge in [0.1, 0.15) is 0 Å². The predicted molar refractivity (Wildman–Crippen MR) is 100 cm³/mol. The van der Waals surface area contributed by atoms with Gasteiger partial charge in [-0.25, -0.2) is 4.79 Å². The van der Waals surface area contributed by atoms with E-state index in [2.05, 4.69) is 10.6 Å². The number of aliphatic hydroxyl groups excluding tert-OH is 1. The zero-order chi connectivity index (χ0) is 20.2. The number of rotatable bonds is 6. The molecule has 7 atom stereocenters. The number of aliphatic hydroxyl groups is 1. The van der Waals surface area contributed by atoms with Crippen LogP contribution in [0.5, 0.6) is 0 Å². The third-order valence-electron chi connectivity index (χ3n) is 6.19. The van der Waals surface area contributed by atoms with Gasteiger partial charge in [-0.05, 0) is 19.8 Å². The highest BCUT2D eigenvalue weighted by Crippen LogP contribution is 2.52. The van der Waals surface area contributed by atoms with Crippen molar-refractivity contribution in [3.05, 3.63) is 10.8 Å². The van der Waals surface area contributed by atoms with Gasteiger partial charge in [0.2, 0.25) is 17.7 Å². The Hall–Kier alpha value is -1.78. The van der Waals surface area contributed by atoms with Crippen LogP contribution in [-0.4, -0.2) is 69.6 Å². The summed E-state index contributed by atoms with van der Waals surface area (Å²) in [4.78, 5) is 37.2. The van der Waals surface area contributed by atoms with Crippen molar-refractivity contribution in [3.8, 4) is 0 Å². The second-order valence-corrected chi connectivity index (χ2v) is 9.39. The van der Waals surface area contributed by atoms with Gasteiger partial charge in [0.05, 0.1) is 28.9 Å². The van der Waals surface area contributed by atoms with Gasteiger partial charge >= 0.3 is 6.16 Å². The second-order valence-electron chi connectivity index (χ2n) is 8.05. The lowest BCUT2D eigenvalue weighted by molar-refractivity contribution is -0.163. The molecule has 4 heterocycles. The maximum absolute atomic E-state index is 12.4. The van der Waals surface area contributed by atoms with Crippen LogP contribution < -0.4 is 10.6 Å². The minimum absolute atomic E-state index is 0.0724. The van der Waals surface area contributed by atoms with E-state index in [1.54, 1.807) is 18.7 Å². The zero-order valence-corrected chi connectivity index (χ0v) is 16.6. The highest BCUT2D eigenvalue weighted by molar-refractivity contribution is 8.03. The van der Waals surface area contributed by atoms with Crippen molar-refractivity contribution >= 4 is 29.7 Å². The summed E-state index contributed by atoms with van der Waals surface area (Å²) in [7, 11) is 0. The highest BCUT2D eigenvalue weighted by atomic mass is 32.2. The SMILES string of the molecule is C[C@@H](O)[C@H]1C(=O)N2C(OC(=O)O)=C(S[C@@H]3CN[C@H](CC4CNC4=O)C3)[C@H](C)[C@H]12. The standard InChI is InChI=1S/C18H25N3O6S/c1-7-13-12(8(2)22)16(24)21(13)17(27-18(25)26)14(7)28-11-4-10(19-6-11)3-9-5-20-15(9)23/h7-13,19,22H,3-6H2,1-2H3,(H,20,23)(H,25,26)/t7-,8-,9?,10-,11+,12-,13-/m1/s1. The van der Waals surface area contributed by atoms with Crippen LogP contribution in [0.3, 0.4) is 0 Å². The highest BCUT2D eigenvalue weighted by Gasteiger charge is 2.60. The summed E-state index contributed by atoms with van der Waals surface area (Å²) in [6.07, 6.45) is -0.581. The Morgan fingerprint density at radius 3 is 2.71 bits per heavy atom. The third kappa shape index (κ3) is 3.17. The summed E-state index contributed by atoms with van der Waals surface area (Å²) in [5, 5.41) is 25.5. The molecule has 4 aliphatic rings. The number of hydrogen-bond donors (Lipinski definition) is 4. The van der Waals surface area contributed by atoms with Crippen molar-refractivity contribution in [2.75, 3.05) is 13.1 Å². The molecule has 1 unspecified atom stereocenters. The number of amides is 2. The van der Waals surface area contributed by atoms with Gasteiger partial charge in [-0.15, -0.1) is 11.8 Å². The summed E-state index contributed by atoms with van der Waals surface area (Å²) in [6.45, 7) is 5.00. The van der Waals surface area contributed by atoms with E-state index in [-0.39, 0.29) is 46.9 Å². The first-order valence-corrected chi connectivity index (χ1v) is 10.5. The summed E-state index contributed by atoms with van der Waals surface area (Å²) in [5.41, 5.74) is 0. The molecule has 0 radical (unpaired) electrons. The maximum atomic E-state index is 12.4. The fourth-order valence-corrected chi connectivity index (χ4v) is 6.16. The molecule has 9 nitrogen and oxygen atoms in total. The van der Waals surface area contributed by atoms with E-state index >= 15 is 0 Å². The van der Waals surface area contributed by atoms with Crippen LogP contribution in [0, 0.1) is 17.8 Å². The second kappa shape index (κ2) is 7.23. The molecule has 0 aliphatic carbocycles. The number of carboxylic acid groups (broad SMARTS) is 1. The number of nitrogens with zero attached hydrogens (tertiary/aromatic N) is 1. The molecule has 2 amide bonds. The number of nitrogens with one attached hydrogen (secondary N) is 2. The Morgan fingerprint density at radius 1 is 1.39 bits per heavy atom. The molecule has 0 aromatic heterocycles. The monoisotopic (exact) mass is 411 g/mol. The first kappa shape index (κ1) is 19.5. The molecule has 0 saturated carbocycles. The fraction of sp³-hybridized carbons (Fsp3) is 0.722. The fourth-order valence-electron chi connectivity index (χ4n) is 4.70. The van der Waals surface area contributed by atoms with Gasteiger partial charge in [0.15, 0.2) is 0 Å². The Kier molecular flexibility index (Phi) is 5.05. The third-order valence-corrected chi connectivity index (χ3v) is 7.68. The molecule has 4 rings (SSSR count). The average molecular weight is 411 g/mol. The van der Waals surface area contributed by atoms with Gasteiger partial charge in [-0.3, -0.25) is 14.5 Å². The van der Waals surface area contributed by atoms with E-state index in [1.807, 2.05) is 6.92 Å². The molecular weight excluding hydrogens is 386 g/mol. The summed E-state index contributed by atoms with van der Waals surface area (Å²) < 4.78 is 4.99. The quantitative estimate of drug-likeness (QED) is 0.363. The van der Waals surface area contributed by atoms with Gasteiger partial charge < -0.3 is 25.6 Å². The molecule has 10 heteroatoms. The van der Waals surface area contributed by atoms with Crippen LogP contribution in [0.4, 0.5) is 4.79 Å². The van der Waals surface area contributed by atoms with Crippen molar-refractivity contribution in [2.45, 2.75) is 50.1 Å². The van der Waals surface area contributed by atoms with Crippen LogP contribution in [-0.2, 0) is 14.3 Å². The van der Waals surface area contributed by atoms with Gasteiger partial charge in [0.25, 0.3) is 0 Å². The summed E-state index contributed by atoms with van der Waals surface area (Å²) in [6, 6.07) is -0.0215. The van der Waals surface area contributed by atoms with Crippen LogP contribution in [0.25, 0.3) is 0 Å². The van der Waals surface area contributed by atoms with Crippen LogP contribution in [0.2, 0.25) is 0 Å². The topological polar surface area (TPSA) is 128 Å². The number of thioether (sulfide) groups is 1. The lowest BCUT2D eigenvalue weighted by atomic mass is 9.79. The van der Waals surface area contributed by atoms with Crippen molar-refractivity contribution < 1.29 is 29.3 Å². The summed E-state index contributed by atoms with van der Waals surface area (Å²) in [5.74, 6) is -0.659. The minimum atomic E-state index is -1.45. The van der Waals surface area contributed by atoms with E-state index < -0.39 is 18.2 Å². The number of β-lactam (4-membered cyclic amide) rings is 2. The van der Waals surface area contributed by atoms with E-state index in [0.717, 1.165) is 30.8 Å². The number of fused-ring (bicyclic) bond motifs is 1. The Morgan fingerprint density at radius 2 is 2.14 bits per heavy atom. The van der Waals surface area contributed by atoms with Crippen molar-refractivity contribution in [1.29, 1.82) is 0 Å². The van der Waals surface area contributed by atoms with Crippen LogP contribution in [0.1, 0.15) is 26.7 Å². The Labute approximate surface area is 166 Å². The zero-order valence-electron chi connectivity index (χ0n) is 15.8. The maximum Gasteiger partial charge on any atom is 0.512 e. The molecule has 0 bridgehead atoms. The Bertz CT molecular complexity index is 741. The smallest absolute Gasteiger partial charge is 0.449 e. The first-order valence-electron chi connectivity index (χ1n) is 9.61. The van der Waals surface area contributed by atoms with Crippen LogP contribution >= 0.6 is 11.8 Å². The molecule has 3 fully saturated rings. The van der Waals surface area contributed by atoms with Crippen molar-refractivity contribution in [3.63, 3.8) is 0 Å². The Balaban J connectivity index is 1.46. The number of hydrogen-bond acceptors (Lipinski definition) is 7. The average Bonchev–Trinajstić information content (AvgIpc) is 3.14. The molecule has 3 saturated heterocycles. The largest absolute Gasteiger partial charge is 0.512 e. The van der Waals surface area contributed by atoms with E-state index in [9.17, 15) is 19.5 Å². The molecule has 4 aliphatic heterocycles. The van der Waals surface area contributed by atoms with Gasteiger partial charge in [-0.2, -0.15) is 0 Å². The molecule has 4 N–H and O–H groups in total. The van der Waals surface area contributed by atoms with Crippen molar-refractivity contribution in [1.82, 2.24) is 15.5 Å². The molecule has 0 aromatic rings.